The first kappa shape index (κ1) is 15.3. The van der Waals surface area contributed by atoms with E-state index in [1.54, 1.807) is 6.07 Å². The van der Waals surface area contributed by atoms with E-state index >= 15 is 0 Å². The molecular weight excluding hydrogens is 274 g/mol. The molecule has 0 fully saturated rings. The quantitative estimate of drug-likeness (QED) is 0.890. The molecule has 1 aliphatic rings. The minimum absolute atomic E-state index is 0. The lowest BCUT2D eigenvalue weighted by molar-refractivity contribution is 0.402. The summed E-state index contributed by atoms with van der Waals surface area (Å²) in [7, 11) is -1.73. The van der Waals surface area contributed by atoms with Crippen molar-refractivity contribution < 1.29 is 13.2 Å². The fraction of sp³-hybridized carbons (Fsp3) is 0.500. The van der Waals surface area contributed by atoms with Crippen molar-refractivity contribution in [1.82, 2.24) is 5.32 Å². The lowest BCUT2D eigenvalue weighted by Gasteiger charge is -2.12. The van der Waals surface area contributed by atoms with Gasteiger partial charge in [0.15, 0.2) is 9.84 Å². The first-order valence-corrected chi connectivity index (χ1v) is 7.52. The van der Waals surface area contributed by atoms with Crippen LogP contribution in [0.5, 0.6) is 5.75 Å². The topological polar surface area (TPSA) is 55.4 Å². The third kappa shape index (κ3) is 3.16. The van der Waals surface area contributed by atoms with E-state index in [1.807, 2.05) is 6.07 Å². The highest BCUT2D eigenvalue weighted by molar-refractivity contribution is 7.90. The molecule has 0 unspecified atom stereocenters. The Hall–Kier alpha value is -0.780. The van der Waals surface area contributed by atoms with Crippen LogP contribution in [0.25, 0.3) is 0 Å². The van der Waals surface area contributed by atoms with Gasteiger partial charge < -0.3 is 10.1 Å². The van der Waals surface area contributed by atoms with Crippen LogP contribution in [0.2, 0.25) is 0 Å². The summed E-state index contributed by atoms with van der Waals surface area (Å²) < 4.78 is 28.6. The standard InChI is InChI=1S/C12H17NO3S.ClH/c1-16-11-7-9-3-5-13-6-4-10(9)8-12(11)17(2,14)15;/h7-8,13H,3-6H2,1-2H3;1H. The second kappa shape index (κ2) is 5.91. The van der Waals surface area contributed by atoms with Crippen LogP contribution in [0, 0.1) is 0 Å². The zero-order chi connectivity index (χ0) is 12.5. The van der Waals surface area contributed by atoms with Crippen molar-refractivity contribution in [2.24, 2.45) is 0 Å². The van der Waals surface area contributed by atoms with Gasteiger partial charge in [-0.05, 0) is 49.2 Å². The second-order valence-corrected chi connectivity index (χ2v) is 6.28. The minimum atomic E-state index is -3.24. The van der Waals surface area contributed by atoms with Crippen LogP contribution in [0.3, 0.4) is 0 Å². The fourth-order valence-corrected chi connectivity index (χ4v) is 2.99. The van der Waals surface area contributed by atoms with Crippen LogP contribution in [0.15, 0.2) is 17.0 Å². The first-order chi connectivity index (χ1) is 8.02. The summed E-state index contributed by atoms with van der Waals surface area (Å²) in [6.45, 7) is 1.82. The molecule has 0 spiro atoms. The minimum Gasteiger partial charge on any atom is -0.495 e. The van der Waals surface area contributed by atoms with Gasteiger partial charge in [-0.1, -0.05) is 0 Å². The number of rotatable bonds is 2. The van der Waals surface area contributed by atoms with Gasteiger partial charge in [-0.25, -0.2) is 8.42 Å². The SMILES string of the molecule is COc1cc2c(cc1S(C)(=O)=O)CCNCC2.Cl. The predicted molar refractivity (Wildman–Crippen MR) is 73.6 cm³/mol. The normalized spacial score (nSPS) is 15.2. The van der Waals surface area contributed by atoms with E-state index in [0.29, 0.717) is 10.6 Å². The molecule has 4 nitrogen and oxygen atoms in total. The van der Waals surface area contributed by atoms with Crippen LogP contribution in [-0.2, 0) is 22.7 Å². The van der Waals surface area contributed by atoms with Gasteiger partial charge >= 0.3 is 0 Å². The highest BCUT2D eigenvalue weighted by Crippen LogP contribution is 2.29. The Morgan fingerprint density at radius 1 is 1.17 bits per heavy atom. The Kier molecular flexibility index (Phi) is 5.01. The Balaban J connectivity index is 0.00000162. The molecule has 0 aliphatic carbocycles. The lowest BCUT2D eigenvalue weighted by atomic mass is 10.0. The number of benzene rings is 1. The molecule has 18 heavy (non-hydrogen) atoms. The highest BCUT2D eigenvalue weighted by Gasteiger charge is 2.18. The summed E-state index contributed by atoms with van der Waals surface area (Å²) in [4.78, 5) is 0.292. The van der Waals surface area contributed by atoms with Crippen molar-refractivity contribution in [3.05, 3.63) is 23.3 Å². The van der Waals surface area contributed by atoms with Crippen LogP contribution < -0.4 is 10.1 Å². The van der Waals surface area contributed by atoms with E-state index < -0.39 is 9.84 Å². The number of ether oxygens (including phenoxy) is 1. The molecule has 1 heterocycles. The summed E-state index contributed by atoms with van der Waals surface area (Å²) in [5, 5.41) is 3.30. The van der Waals surface area contributed by atoms with Gasteiger partial charge in [0, 0.05) is 6.26 Å². The number of methoxy groups -OCH3 is 1. The number of hydrogen-bond donors (Lipinski definition) is 1. The van der Waals surface area contributed by atoms with Crippen LogP contribution >= 0.6 is 12.4 Å². The maximum Gasteiger partial charge on any atom is 0.179 e. The molecule has 2 rings (SSSR count). The third-order valence-electron chi connectivity index (χ3n) is 3.03. The number of fused-ring (bicyclic) bond motifs is 1. The Labute approximate surface area is 114 Å². The van der Waals surface area contributed by atoms with Gasteiger partial charge in [0.1, 0.15) is 10.6 Å². The number of hydrogen-bond acceptors (Lipinski definition) is 4. The van der Waals surface area contributed by atoms with Crippen molar-refractivity contribution in [3.63, 3.8) is 0 Å². The van der Waals surface area contributed by atoms with E-state index in [9.17, 15) is 8.42 Å². The molecule has 0 saturated carbocycles. The lowest BCUT2D eigenvalue weighted by Crippen LogP contribution is -2.16. The summed E-state index contributed by atoms with van der Waals surface area (Å²) in [5.41, 5.74) is 2.29. The van der Waals surface area contributed by atoms with Crippen LogP contribution in [0.1, 0.15) is 11.1 Å². The molecule has 6 heteroatoms. The molecule has 102 valence electrons. The first-order valence-electron chi connectivity index (χ1n) is 5.63. The van der Waals surface area contributed by atoms with E-state index in [-0.39, 0.29) is 12.4 Å². The monoisotopic (exact) mass is 291 g/mol. The van der Waals surface area contributed by atoms with Crippen molar-refractivity contribution in [3.8, 4) is 5.75 Å². The Bertz CT molecular complexity index is 528. The Morgan fingerprint density at radius 3 is 2.22 bits per heavy atom. The third-order valence-corrected chi connectivity index (χ3v) is 4.15. The molecule has 1 aliphatic heterocycles. The number of halogens is 1. The molecule has 0 radical (unpaired) electrons. The number of nitrogens with one attached hydrogen (secondary N) is 1. The molecule has 0 atom stereocenters. The summed E-state index contributed by atoms with van der Waals surface area (Å²) in [6.07, 6.45) is 2.99. The van der Waals surface area contributed by atoms with Gasteiger partial charge in [-0.3, -0.25) is 0 Å². The average Bonchev–Trinajstić information content (AvgIpc) is 2.50. The molecular formula is C12H18ClNO3S. The summed E-state index contributed by atoms with van der Waals surface area (Å²) in [5.74, 6) is 0.452. The van der Waals surface area contributed by atoms with E-state index in [0.717, 1.165) is 31.5 Å². The zero-order valence-electron chi connectivity index (χ0n) is 10.5. The molecule has 0 aromatic heterocycles. The maximum absolute atomic E-state index is 11.7. The molecule has 0 bridgehead atoms. The Morgan fingerprint density at radius 2 is 1.72 bits per heavy atom. The largest absolute Gasteiger partial charge is 0.495 e. The van der Waals surface area contributed by atoms with Gasteiger partial charge in [0.05, 0.1) is 7.11 Å². The van der Waals surface area contributed by atoms with Gasteiger partial charge in [0.2, 0.25) is 0 Å². The average molecular weight is 292 g/mol. The van der Waals surface area contributed by atoms with Crippen molar-refractivity contribution in [2.75, 3.05) is 26.5 Å². The summed E-state index contributed by atoms with van der Waals surface area (Å²) >= 11 is 0. The van der Waals surface area contributed by atoms with Crippen molar-refractivity contribution in [1.29, 1.82) is 0 Å². The number of sulfone groups is 1. The highest BCUT2D eigenvalue weighted by atomic mass is 35.5. The van der Waals surface area contributed by atoms with Gasteiger partial charge in [0.25, 0.3) is 0 Å². The fourth-order valence-electron chi connectivity index (χ4n) is 2.13. The van der Waals surface area contributed by atoms with Gasteiger partial charge in [-0.15, -0.1) is 12.4 Å². The summed E-state index contributed by atoms with van der Waals surface area (Å²) in [6, 6.07) is 3.62. The molecule has 1 aromatic carbocycles. The van der Waals surface area contributed by atoms with Crippen LogP contribution in [0.4, 0.5) is 0 Å². The van der Waals surface area contributed by atoms with Crippen molar-refractivity contribution >= 4 is 22.2 Å². The van der Waals surface area contributed by atoms with E-state index in [2.05, 4.69) is 5.32 Å². The maximum atomic E-state index is 11.7. The van der Waals surface area contributed by atoms with E-state index in [1.165, 1.54) is 18.9 Å². The molecule has 0 amide bonds. The van der Waals surface area contributed by atoms with Crippen LogP contribution in [-0.4, -0.2) is 34.9 Å². The second-order valence-electron chi connectivity index (χ2n) is 4.29. The van der Waals surface area contributed by atoms with E-state index in [4.69, 9.17) is 4.74 Å². The smallest absolute Gasteiger partial charge is 0.179 e. The zero-order valence-corrected chi connectivity index (χ0v) is 12.2. The molecule has 0 saturated heterocycles. The van der Waals surface area contributed by atoms with Gasteiger partial charge in [-0.2, -0.15) is 0 Å². The molecule has 1 N–H and O–H groups in total. The molecule has 1 aromatic rings. The predicted octanol–water partition coefficient (Wildman–Crippen LogP) is 1.21. The van der Waals surface area contributed by atoms with Crippen molar-refractivity contribution in [2.45, 2.75) is 17.7 Å².